The minimum absolute atomic E-state index is 0.0355. The van der Waals surface area contributed by atoms with Crippen LogP contribution in [0.25, 0.3) is 0 Å². The smallest absolute Gasteiger partial charge is 0.228 e. The van der Waals surface area contributed by atoms with Crippen LogP contribution in [-0.4, -0.2) is 13.0 Å². The third-order valence-corrected chi connectivity index (χ3v) is 3.03. The van der Waals surface area contributed by atoms with Crippen LogP contribution >= 0.6 is 0 Å². The standard InChI is InChI=1S/C16H15F2NO2/c1-10-7-11(3-6-15(10)21-2)8-16(20)19-14-5-4-12(17)9-13(14)18/h3-7,9H,8H2,1-2H3,(H,19,20). The molecule has 0 saturated carbocycles. The number of nitrogens with one attached hydrogen (secondary N) is 1. The molecule has 2 aromatic rings. The molecule has 0 bridgehead atoms. The van der Waals surface area contributed by atoms with Crippen LogP contribution in [-0.2, 0) is 11.2 Å². The van der Waals surface area contributed by atoms with Crippen LogP contribution in [0.2, 0.25) is 0 Å². The Hall–Kier alpha value is -2.43. The van der Waals surface area contributed by atoms with Crippen molar-refractivity contribution >= 4 is 11.6 Å². The van der Waals surface area contributed by atoms with Gasteiger partial charge in [0, 0.05) is 6.07 Å². The summed E-state index contributed by atoms with van der Waals surface area (Å²) in [6.07, 6.45) is 0.0989. The number of benzene rings is 2. The van der Waals surface area contributed by atoms with Crippen LogP contribution < -0.4 is 10.1 Å². The van der Waals surface area contributed by atoms with Gasteiger partial charge in [-0.15, -0.1) is 0 Å². The highest BCUT2D eigenvalue weighted by Gasteiger charge is 2.09. The van der Waals surface area contributed by atoms with Gasteiger partial charge in [0.25, 0.3) is 0 Å². The van der Waals surface area contributed by atoms with Crippen LogP contribution in [0.4, 0.5) is 14.5 Å². The van der Waals surface area contributed by atoms with E-state index in [0.29, 0.717) is 0 Å². The maximum atomic E-state index is 13.4. The maximum absolute atomic E-state index is 13.4. The van der Waals surface area contributed by atoms with Crippen molar-refractivity contribution in [2.75, 3.05) is 12.4 Å². The van der Waals surface area contributed by atoms with Crippen LogP contribution in [0.5, 0.6) is 5.75 Å². The van der Waals surface area contributed by atoms with E-state index in [9.17, 15) is 13.6 Å². The lowest BCUT2D eigenvalue weighted by molar-refractivity contribution is -0.115. The second-order valence-corrected chi connectivity index (χ2v) is 4.65. The molecule has 2 rings (SSSR count). The molecule has 21 heavy (non-hydrogen) atoms. The SMILES string of the molecule is COc1ccc(CC(=O)Nc2ccc(F)cc2F)cc1C. The summed E-state index contributed by atoms with van der Waals surface area (Å²) in [5, 5.41) is 2.42. The number of carbonyl (C=O) groups excluding carboxylic acids is 1. The van der Waals surface area contributed by atoms with Crippen molar-refractivity contribution in [3.8, 4) is 5.75 Å². The van der Waals surface area contributed by atoms with Crippen molar-refractivity contribution in [1.82, 2.24) is 0 Å². The summed E-state index contributed by atoms with van der Waals surface area (Å²) >= 11 is 0. The number of aryl methyl sites for hydroxylation is 1. The van der Waals surface area contributed by atoms with Gasteiger partial charge in [-0.1, -0.05) is 12.1 Å². The molecule has 0 radical (unpaired) electrons. The first kappa shape index (κ1) is 15.0. The van der Waals surface area contributed by atoms with E-state index in [-0.39, 0.29) is 18.0 Å². The van der Waals surface area contributed by atoms with Gasteiger partial charge in [-0.05, 0) is 36.2 Å². The van der Waals surface area contributed by atoms with Gasteiger partial charge < -0.3 is 10.1 Å². The number of carbonyl (C=O) groups is 1. The first-order valence-corrected chi connectivity index (χ1v) is 6.38. The minimum Gasteiger partial charge on any atom is -0.496 e. The summed E-state index contributed by atoms with van der Waals surface area (Å²) < 4.78 is 31.4. The van der Waals surface area contributed by atoms with E-state index in [0.717, 1.165) is 29.0 Å². The van der Waals surface area contributed by atoms with E-state index in [4.69, 9.17) is 4.74 Å². The minimum atomic E-state index is -0.797. The molecule has 0 spiro atoms. The van der Waals surface area contributed by atoms with E-state index in [1.165, 1.54) is 6.07 Å². The quantitative estimate of drug-likeness (QED) is 0.936. The highest BCUT2D eigenvalue weighted by atomic mass is 19.1. The number of methoxy groups -OCH3 is 1. The zero-order valence-corrected chi connectivity index (χ0v) is 11.7. The van der Waals surface area contributed by atoms with Crippen molar-refractivity contribution < 1.29 is 18.3 Å². The van der Waals surface area contributed by atoms with Crippen molar-refractivity contribution in [3.63, 3.8) is 0 Å². The Kier molecular flexibility index (Phi) is 4.52. The molecule has 0 fully saturated rings. The molecule has 1 N–H and O–H groups in total. The third-order valence-electron chi connectivity index (χ3n) is 3.03. The Morgan fingerprint density at radius 2 is 1.95 bits per heavy atom. The monoisotopic (exact) mass is 291 g/mol. The lowest BCUT2D eigenvalue weighted by atomic mass is 10.1. The Morgan fingerprint density at radius 3 is 2.57 bits per heavy atom. The van der Waals surface area contributed by atoms with Gasteiger partial charge in [-0.3, -0.25) is 4.79 Å². The van der Waals surface area contributed by atoms with Gasteiger partial charge in [0.2, 0.25) is 5.91 Å². The largest absolute Gasteiger partial charge is 0.496 e. The van der Waals surface area contributed by atoms with Crippen molar-refractivity contribution in [1.29, 1.82) is 0 Å². The summed E-state index contributed by atoms with van der Waals surface area (Å²) in [6.45, 7) is 1.87. The fraction of sp³-hybridized carbons (Fsp3) is 0.188. The number of hydrogen-bond acceptors (Lipinski definition) is 2. The predicted molar refractivity (Wildman–Crippen MR) is 76.4 cm³/mol. The van der Waals surface area contributed by atoms with Crippen molar-refractivity contribution in [3.05, 3.63) is 59.2 Å². The first-order valence-electron chi connectivity index (χ1n) is 6.38. The molecule has 5 heteroatoms. The fourth-order valence-electron chi connectivity index (χ4n) is 2.02. The second-order valence-electron chi connectivity index (χ2n) is 4.65. The van der Waals surface area contributed by atoms with E-state index in [1.807, 2.05) is 13.0 Å². The molecule has 0 aromatic heterocycles. The lowest BCUT2D eigenvalue weighted by Gasteiger charge is -2.09. The fourth-order valence-corrected chi connectivity index (χ4v) is 2.02. The van der Waals surface area contributed by atoms with Gasteiger partial charge in [0.1, 0.15) is 17.4 Å². The molecule has 3 nitrogen and oxygen atoms in total. The molecule has 0 aliphatic heterocycles. The number of ether oxygens (including phenoxy) is 1. The Labute approximate surface area is 121 Å². The number of halogens is 2. The molecule has 1 amide bonds. The summed E-state index contributed by atoms with van der Waals surface area (Å²) in [5.41, 5.74) is 1.66. The molecule has 0 aliphatic rings. The highest BCUT2D eigenvalue weighted by molar-refractivity contribution is 5.92. The van der Waals surface area contributed by atoms with Gasteiger partial charge in [-0.2, -0.15) is 0 Å². The topological polar surface area (TPSA) is 38.3 Å². The zero-order valence-electron chi connectivity index (χ0n) is 11.7. The van der Waals surface area contributed by atoms with Crippen molar-refractivity contribution in [2.45, 2.75) is 13.3 Å². The van der Waals surface area contributed by atoms with Crippen molar-refractivity contribution in [2.24, 2.45) is 0 Å². The molecule has 0 atom stereocenters. The van der Waals surface area contributed by atoms with E-state index in [1.54, 1.807) is 19.2 Å². The molecule has 0 saturated heterocycles. The van der Waals surface area contributed by atoms with Crippen LogP contribution in [0.3, 0.4) is 0 Å². The second kappa shape index (κ2) is 6.35. The molecule has 0 heterocycles. The summed E-state index contributed by atoms with van der Waals surface area (Å²) in [6, 6.07) is 8.40. The first-order chi connectivity index (χ1) is 9.99. The van der Waals surface area contributed by atoms with Crippen LogP contribution in [0.1, 0.15) is 11.1 Å². The Balaban J connectivity index is 2.06. The van der Waals surface area contributed by atoms with E-state index in [2.05, 4.69) is 5.32 Å². The van der Waals surface area contributed by atoms with Crippen LogP contribution in [0.15, 0.2) is 36.4 Å². The molecule has 2 aromatic carbocycles. The molecular weight excluding hydrogens is 276 g/mol. The average Bonchev–Trinajstić information content (AvgIpc) is 2.42. The molecule has 110 valence electrons. The highest BCUT2D eigenvalue weighted by Crippen LogP contribution is 2.19. The third kappa shape index (κ3) is 3.78. The predicted octanol–water partition coefficient (Wildman–Crippen LogP) is 3.46. The van der Waals surface area contributed by atoms with Gasteiger partial charge in [0.05, 0.1) is 19.2 Å². The van der Waals surface area contributed by atoms with Gasteiger partial charge in [-0.25, -0.2) is 8.78 Å². The lowest BCUT2D eigenvalue weighted by Crippen LogP contribution is -2.15. The van der Waals surface area contributed by atoms with Gasteiger partial charge >= 0.3 is 0 Å². The number of hydrogen-bond donors (Lipinski definition) is 1. The maximum Gasteiger partial charge on any atom is 0.228 e. The Bertz CT molecular complexity index is 671. The summed E-state index contributed by atoms with van der Waals surface area (Å²) in [7, 11) is 1.58. The summed E-state index contributed by atoms with van der Waals surface area (Å²) in [5.74, 6) is -1.11. The van der Waals surface area contributed by atoms with E-state index < -0.39 is 11.6 Å². The Morgan fingerprint density at radius 1 is 1.19 bits per heavy atom. The number of anilines is 1. The summed E-state index contributed by atoms with van der Waals surface area (Å²) in [4.78, 5) is 11.9. The zero-order chi connectivity index (χ0) is 15.4. The normalized spacial score (nSPS) is 10.3. The average molecular weight is 291 g/mol. The molecule has 0 unspecified atom stereocenters. The van der Waals surface area contributed by atoms with Crippen LogP contribution in [0, 0.1) is 18.6 Å². The van der Waals surface area contributed by atoms with Gasteiger partial charge in [0.15, 0.2) is 0 Å². The number of rotatable bonds is 4. The molecule has 0 aliphatic carbocycles. The molecular formula is C16H15F2NO2. The number of amides is 1. The van der Waals surface area contributed by atoms with E-state index >= 15 is 0 Å².